The molecule has 0 amide bonds. The van der Waals surface area contributed by atoms with Crippen LogP contribution in [-0.4, -0.2) is 19.7 Å². The highest BCUT2D eigenvalue weighted by Crippen LogP contribution is 2.31. The molecule has 4 nitrogen and oxygen atoms in total. The molecule has 0 aliphatic rings. The zero-order valence-corrected chi connectivity index (χ0v) is 20.3. The van der Waals surface area contributed by atoms with Crippen LogP contribution in [0.1, 0.15) is 11.3 Å². The third kappa shape index (κ3) is 4.82. The molecule has 5 rings (SSSR count). The molecular formula is C23H17BrN4S3. The molecule has 0 saturated heterocycles. The van der Waals surface area contributed by atoms with Gasteiger partial charge < -0.3 is 0 Å². The van der Waals surface area contributed by atoms with E-state index >= 15 is 0 Å². The van der Waals surface area contributed by atoms with Gasteiger partial charge in [-0.25, -0.2) is 4.98 Å². The van der Waals surface area contributed by atoms with Gasteiger partial charge in [-0.05, 0) is 29.1 Å². The summed E-state index contributed by atoms with van der Waals surface area (Å²) in [5, 5.41) is 15.2. The highest BCUT2D eigenvalue weighted by atomic mass is 79.9. The van der Waals surface area contributed by atoms with Gasteiger partial charge in [0.1, 0.15) is 5.01 Å². The van der Waals surface area contributed by atoms with Gasteiger partial charge in [0.25, 0.3) is 0 Å². The number of rotatable bonds is 7. The first-order valence-electron chi connectivity index (χ1n) is 9.60. The van der Waals surface area contributed by atoms with Crippen molar-refractivity contribution >= 4 is 50.4 Å². The molecule has 8 heteroatoms. The summed E-state index contributed by atoms with van der Waals surface area (Å²) < 4.78 is 3.26. The molecule has 31 heavy (non-hydrogen) atoms. The summed E-state index contributed by atoms with van der Waals surface area (Å²) in [6.07, 6.45) is 0. The molecule has 0 unspecified atom stereocenters. The average molecular weight is 526 g/mol. The van der Waals surface area contributed by atoms with Crippen molar-refractivity contribution in [2.45, 2.75) is 17.5 Å². The van der Waals surface area contributed by atoms with Crippen molar-refractivity contribution in [2.75, 3.05) is 0 Å². The molecule has 0 spiro atoms. The van der Waals surface area contributed by atoms with E-state index in [-0.39, 0.29) is 0 Å². The Labute approximate surface area is 201 Å². The van der Waals surface area contributed by atoms with Crippen LogP contribution in [0.15, 0.2) is 87.1 Å². The summed E-state index contributed by atoms with van der Waals surface area (Å²) in [5.41, 5.74) is 3.41. The quantitative estimate of drug-likeness (QED) is 0.210. The van der Waals surface area contributed by atoms with Gasteiger partial charge in [-0.15, -0.1) is 32.9 Å². The van der Waals surface area contributed by atoms with Crippen molar-refractivity contribution in [3.8, 4) is 21.3 Å². The van der Waals surface area contributed by atoms with Crippen LogP contribution in [0.3, 0.4) is 0 Å². The van der Waals surface area contributed by atoms with E-state index in [0.29, 0.717) is 0 Å². The number of thioether (sulfide) groups is 1. The highest BCUT2D eigenvalue weighted by molar-refractivity contribution is 9.10. The van der Waals surface area contributed by atoms with Crippen molar-refractivity contribution in [2.24, 2.45) is 0 Å². The normalized spacial score (nSPS) is 11.1. The van der Waals surface area contributed by atoms with Gasteiger partial charge >= 0.3 is 0 Å². The molecule has 2 aromatic carbocycles. The SMILES string of the molecule is Brc1cccc(-c2nc(CSc3nnc(-c4cccs4)n3Cc3ccccc3)cs2)c1. The Hall–Kier alpha value is -2.26. The number of aromatic nitrogens is 4. The lowest BCUT2D eigenvalue weighted by Gasteiger charge is -2.09. The lowest BCUT2D eigenvalue weighted by Crippen LogP contribution is -2.03. The van der Waals surface area contributed by atoms with Gasteiger partial charge in [0.05, 0.1) is 17.1 Å². The third-order valence-electron chi connectivity index (χ3n) is 4.61. The smallest absolute Gasteiger partial charge is 0.192 e. The Bertz CT molecular complexity index is 1280. The van der Waals surface area contributed by atoms with Crippen molar-refractivity contribution in [1.29, 1.82) is 0 Å². The zero-order chi connectivity index (χ0) is 21.0. The maximum atomic E-state index is 4.83. The van der Waals surface area contributed by atoms with Gasteiger partial charge in [-0.2, -0.15) is 0 Å². The van der Waals surface area contributed by atoms with Crippen LogP contribution in [0, 0.1) is 0 Å². The molecule has 0 radical (unpaired) electrons. The first-order valence-corrected chi connectivity index (χ1v) is 13.1. The molecule has 3 heterocycles. The minimum atomic E-state index is 0.740. The Morgan fingerprint density at radius 3 is 2.65 bits per heavy atom. The Morgan fingerprint density at radius 1 is 0.935 bits per heavy atom. The van der Waals surface area contributed by atoms with Crippen molar-refractivity contribution < 1.29 is 0 Å². The largest absolute Gasteiger partial charge is 0.297 e. The number of hydrogen-bond acceptors (Lipinski definition) is 6. The van der Waals surface area contributed by atoms with Gasteiger partial charge in [0, 0.05) is 21.2 Å². The topological polar surface area (TPSA) is 43.6 Å². The van der Waals surface area contributed by atoms with E-state index in [9.17, 15) is 0 Å². The Balaban J connectivity index is 1.38. The molecule has 0 N–H and O–H groups in total. The lowest BCUT2D eigenvalue weighted by atomic mass is 10.2. The van der Waals surface area contributed by atoms with Gasteiger partial charge in [0.2, 0.25) is 0 Å². The summed E-state index contributed by atoms with van der Waals surface area (Å²) in [7, 11) is 0. The summed E-state index contributed by atoms with van der Waals surface area (Å²) in [4.78, 5) is 5.95. The van der Waals surface area contributed by atoms with E-state index in [1.54, 1.807) is 34.4 Å². The van der Waals surface area contributed by atoms with Crippen LogP contribution in [0.4, 0.5) is 0 Å². The molecule has 5 aromatic rings. The standard InChI is InChI=1S/C23H17BrN4S3/c24-18-9-4-8-17(12-18)22-25-19(14-30-22)15-31-23-27-26-21(20-10-5-11-29-20)28(23)13-16-6-2-1-3-7-16/h1-12,14H,13,15H2. The van der Waals surface area contributed by atoms with Crippen LogP contribution >= 0.6 is 50.4 Å². The fourth-order valence-corrected chi connectivity index (χ4v) is 6.03. The fraction of sp³-hybridized carbons (Fsp3) is 0.0870. The maximum absolute atomic E-state index is 4.83. The van der Waals surface area contributed by atoms with Gasteiger partial charge in [-0.1, -0.05) is 76.2 Å². The molecule has 0 aliphatic heterocycles. The minimum Gasteiger partial charge on any atom is -0.297 e. The molecule has 0 saturated carbocycles. The Kier molecular flexibility index (Phi) is 6.31. The van der Waals surface area contributed by atoms with Crippen molar-refractivity contribution in [3.63, 3.8) is 0 Å². The van der Waals surface area contributed by atoms with E-state index in [4.69, 9.17) is 4.98 Å². The van der Waals surface area contributed by atoms with Crippen LogP contribution in [-0.2, 0) is 12.3 Å². The van der Waals surface area contributed by atoms with Crippen molar-refractivity contribution in [3.05, 3.63) is 93.2 Å². The first kappa shape index (κ1) is 20.6. The number of thiazole rings is 1. The molecule has 154 valence electrons. The van der Waals surface area contributed by atoms with Gasteiger partial charge in [-0.3, -0.25) is 4.57 Å². The van der Waals surface area contributed by atoms with Crippen LogP contribution in [0.25, 0.3) is 21.3 Å². The van der Waals surface area contributed by atoms with E-state index in [1.165, 1.54) is 5.56 Å². The Morgan fingerprint density at radius 2 is 1.84 bits per heavy atom. The third-order valence-corrected chi connectivity index (χ3v) is 7.91. The second-order valence-electron chi connectivity index (χ2n) is 6.80. The van der Waals surface area contributed by atoms with Crippen LogP contribution < -0.4 is 0 Å². The molecule has 0 atom stereocenters. The zero-order valence-electron chi connectivity index (χ0n) is 16.3. The van der Waals surface area contributed by atoms with Crippen LogP contribution in [0.2, 0.25) is 0 Å². The van der Waals surface area contributed by atoms with Gasteiger partial charge in [0.15, 0.2) is 11.0 Å². The number of hydrogen-bond donors (Lipinski definition) is 0. The predicted octanol–water partition coefficient (Wildman–Crippen LogP) is 7.23. The molecule has 3 aromatic heterocycles. The van der Waals surface area contributed by atoms with E-state index < -0.39 is 0 Å². The summed E-state index contributed by atoms with van der Waals surface area (Å²) in [6, 6.07) is 22.8. The van der Waals surface area contributed by atoms with Crippen LogP contribution in [0.5, 0.6) is 0 Å². The number of thiophene rings is 1. The molecular weight excluding hydrogens is 508 g/mol. The van der Waals surface area contributed by atoms with E-state index in [2.05, 4.69) is 83.9 Å². The second-order valence-corrected chi connectivity index (χ2v) is 10.5. The molecule has 0 fully saturated rings. The number of benzene rings is 2. The monoisotopic (exact) mass is 524 g/mol. The second kappa shape index (κ2) is 9.48. The average Bonchev–Trinajstić information content (AvgIpc) is 3.54. The summed E-state index contributed by atoms with van der Waals surface area (Å²) >= 11 is 8.57. The maximum Gasteiger partial charge on any atom is 0.192 e. The summed E-state index contributed by atoms with van der Waals surface area (Å²) in [6.45, 7) is 0.740. The first-order chi connectivity index (χ1) is 15.3. The molecule has 0 bridgehead atoms. The lowest BCUT2D eigenvalue weighted by molar-refractivity contribution is 0.715. The fourth-order valence-electron chi connectivity index (χ4n) is 3.16. The minimum absolute atomic E-state index is 0.740. The highest BCUT2D eigenvalue weighted by Gasteiger charge is 2.16. The van der Waals surface area contributed by atoms with Crippen molar-refractivity contribution in [1.82, 2.24) is 19.7 Å². The number of nitrogens with zero attached hydrogens (tertiary/aromatic N) is 4. The summed E-state index contributed by atoms with van der Waals surface area (Å²) in [5.74, 6) is 1.66. The van der Waals surface area contributed by atoms with E-state index in [1.807, 2.05) is 24.3 Å². The van der Waals surface area contributed by atoms with E-state index in [0.717, 1.165) is 48.9 Å². The molecule has 0 aliphatic carbocycles. The number of halogens is 1. The predicted molar refractivity (Wildman–Crippen MR) is 134 cm³/mol.